The van der Waals surface area contributed by atoms with Gasteiger partial charge < -0.3 is 4.57 Å². The fourth-order valence-electron chi connectivity index (χ4n) is 2.49. The Labute approximate surface area is 144 Å². The summed E-state index contributed by atoms with van der Waals surface area (Å²) < 4.78 is 94.5. The average molecular weight is 386 g/mol. The van der Waals surface area contributed by atoms with Crippen molar-refractivity contribution in [3.8, 4) is 0 Å². The summed E-state index contributed by atoms with van der Waals surface area (Å²) in [4.78, 5) is 0. The van der Waals surface area contributed by atoms with E-state index in [-0.39, 0.29) is 15.9 Å². The van der Waals surface area contributed by atoms with Crippen molar-refractivity contribution < 1.29 is 30.9 Å². The maximum absolute atomic E-state index is 13.7. The van der Waals surface area contributed by atoms with Crippen molar-refractivity contribution in [2.45, 2.75) is 0 Å². The molecule has 3 aromatic rings. The van der Waals surface area contributed by atoms with Crippen LogP contribution in [-0.2, 0) is 4.57 Å². The molecule has 0 fully saturated rings. The van der Waals surface area contributed by atoms with Crippen LogP contribution in [0, 0.1) is 34.9 Å². The minimum atomic E-state index is -4.14. The zero-order valence-electron chi connectivity index (χ0n) is 12.8. The lowest BCUT2D eigenvalue weighted by Crippen LogP contribution is -2.26. The molecule has 3 aromatic carbocycles. The van der Waals surface area contributed by atoms with Crippen molar-refractivity contribution in [1.82, 2.24) is 0 Å². The molecule has 0 amide bonds. The van der Waals surface area contributed by atoms with E-state index in [4.69, 9.17) is 0 Å². The van der Waals surface area contributed by atoms with Gasteiger partial charge in [-0.15, -0.1) is 0 Å². The summed E-state index contributed by atoms with van der Waals surface area (Å²) in [6, 6.07) is 6.95. The van der Waals surface area contributed by atoms with Gasteiger partial charge in [-0.1, -0.05) is 0 Å². The molecule has 0 heterocycles. The van der Waals surface area contributed by atoms with Crippen LogP contribution in [0.2, 0.25) is 0 Å². The molecule has 0 saturated carbocycles. The predicted molar refractivity (Wildman–Crippen MR) is 85.6 cm³/mol. The van der Waals surface area contributed by atoms with Crippen LogP contribution in [-0.4, -0.2) is 0 Å². The summed E-state index contributed by atoms with van der Waals surface area (Å²) >= 11 is 0. The highest BCUT2D eigenvalue weighted by Gasteiger charge is 2.32. The summed E-state index contributed by atoms with van der Waals surface area (Å²) in [6.07, 6.45) is 0. The van der Waals surface area contributed by atoms with Gasteiger partial charge in [0.05, 0.1) is 0 Å². The van der Waals surface area contributed by atoms with E-state index in [1.165, 1.54) is 0 Å². The monoisotopic (exact) mass is 386 g/mol. The molecule has 1 nitrogen and oxygen atoms in total. The second-order valence-corrected chi connectivity index (χ2v) is 8.17. The van der Waals surface area contributed by atoms with Crippen molar-refractivity contribution in [3.63, 3.8) is 0 Å². The smallest absolute Gasteiger partial charge is 0.171 e. The molecule has 0 aliphatic carbocycles. The Kier molecular flexibility index (Phi) is 4.67. The largest absolute Gasteiger partial charge is 0.309 e. The van der Waals surface area contributed by atoms with Crippen LogP contribution < -0.4 is 15.9 Å². The molecule has 8 heteroatoms. The highest BCUT2D eigenvalue weighted by molar-refractivity contribution is 7.85. The van der Waals surface area contributed by atoms with Crippen LogP contribution in [0.3, 0.4) is 0 Å². The Morgan fingerprint density at radius 2 is 0.731 bits per heavy atom. The molecule has 0 aliphatic heterocycles. The van der Waals surface area contributed by atoms with Gasteiger partial charge in [0.25, 0.3) is 0 Å². The minimum Gasteiger partial charge on any atom is -0.309 e. The van der Waals surface area contributed by atoms with Gasteiger partial charge in [-0.25, -0.2) is 26.3 Å². The van der Waals surface area contributed by atoms with Gasteiger partial charge in [0.2, 0.25) is 0 Å². The lowest BCUT2D eigenvalue weighted by Gasteiger charge is -2.20. The average Bonchev–Trinajstić information content (AvgIpc) is 2.61. The lowest BCUT2D eigenvalue weighted by molar-refractivity contribution is 0.508. The Hall–Kier alpha value is -2.53. The normalized spacial score (nSPS) is 11.6. The van der Waals surface area contributed by atoms with E-state index < -0.39 is 42.0 Å². The summed E-state index contributed by atoms with van der Waals surface area (Å²) in [5, 5.41) is -0.852. The number of halogens is 6. The number of hydrogen-bond donors (Lipinski definition) is 0. The molecule has 0 atom stereocenters. The van der Waals surface area contributed by atoms with Gasteiger partial charge in [-0.3, -0.25) is 0 Å². The molecule has 26 heavy (non-hydrogen) atoms. The van der Waals surface area contributed by atoms with Crippen LogP contribution >= 0.6 is 7.14 Å². The van der Waals surface area contributed by atoms with E-state index in [9.17, 15) is 30.9 Å². The zero-order chi connectivity index (χ0) is 19.1. The van der Waals surface area contributed by atoms with E-state index in [1.54, 1.807) is 0 Å². The van der Waals surface area contributed by atoms with E-state index in [0.29, 0.717) is 36.4 Å². The first-order chi connectivity index (χ1) is 12.2. The summed E-state index contributed by atoms with van der Waals surface area (Å²) in [5.41, 5.74) is 0. The second-order valence-electron chi connectivity index (χ2n) is 5.40. The van der Waals surface area contributed by atoms with Gasteiger partial charge in [0, 0.05) is 15.9 Å². The van der Waals surface area contributed by atoms with Crippen molar-refractivity contribution in [1.29, 1.82) is 0 Å². The van der Waals surface area contributed by atoms with Gasteiger partial charge in [-0.2, -0.15) is 0 Å². The fraction of sp³-hybridized carbons (Fsp3) is 0. The van der Waals surface area contributed by atoms with Crippen LogP contribution in [0.1, 0.15) is 0 Å². The Morgan fingerprint density at radius 3 is 0.962 bits per heavy atom. The molecule has 0 spiro atoms. The summed E-state index contributed by atoms with van der Waals surface area (Å²) in [7, 11) is -4.14. The third kappa shape index (κ3) is 3.03. The summed E-state index contributed by atoms with van der Waals surface area (Å²) in [6.45, 7) is 0. The van der Waals surface area contributed by atoms with E-state index >= 15 is 0 Å². The third-order valence-electron chi connectivity index (χ3n) is 3.80. The predicted octanol–water partition coefficient (Wildman–Crippen LogP) is 4.16. The van der Waals surface area contributed by atoms with E-state index in [2.05, 4.69) is 0 Å². The van der Waals surface area contributed by atoms with E-state index in [1.807, 2.05) is 0 Å². The Morgan fingerprint density at radius 1 is 0.462 bits per heavy atom. The third-order valence-corrected chi connectivity index (χ3v) is 6.82. The van der Waals surface area contributed by atoms with Crippen molar-refractivity contribution >= 4 is 23.1 Å². The maximum atomic E-state index is 13.7. The molecule has 0 saturated heterocycles. The molecule has 0 aliphatic rings. The highest BCUT2D eigenvalue weighted by Crippen LogP contribution is 2.43. The number of rotatable bonds is 3. The first-order valence-electron chi connectivity index (χ1n) is 7.20. The minimum absolute atomic E-state index is 0.284. The SMILES string of the molecule is O=P(c1ccc(F)c(F)c1)(c1ccc(F)c(F)c1)c1ccc(F)c(F)c1. The van der Waals surface area contributed by atoms with E-state index in [0.717, 1.165) is 18.2 Å². The molecule has 0 aromatic heterocycles. The van der Waals surface area contributed by atoms with Gasteiger partial charge >= 0.3 is 0 Å². The lowest BCUT2D eigenvalue weighted by atomic mass is 10.3. The molecule has 0 unspecified atom stereocenters. The summed E-state index contributed by atoms with van der Waals surface area (Å²) in [5.74, 6) is -7.61. The second kappa shape index (κ2) is 6.65. The van der Waals surface area contributed by atoms with Gasteiger partial charge in [0.1, 0.15) is 0 Å². The number of hydrogen-bond acceptors (Lipinski definition) is 1. The first-order valence-corrected chi connectivity index (χ1v) is 8.91. The molecule has 3 rings (SSSR count). The molecular weight excluding hydrogens is 377 g/mol. The molecule has 0 radical (unpaired) electrons. The maximum Gasteiger partial charge on any atom is 0.171 e. The quantitative estimate of drug-likeness (QED) is 0.488. The Bertz CT molecular complexity index is 918. The van der Waals surface area contributed by atoms with Crippen LogP contribution in [0.4, 0.5) is 26.3 Å². The first kappa shape index (κ1) is 18.3. The van der Waals surface area contributed by atoms with Crippen molar-refractivity contribution in [2.75, 3.05) is 0 Å². The van der Waals surface area contributed by atoms with Crippen molar-refractivity contribution in [3.05, 3.63) is 89.5 Å². The van der Waals surface area contributed by atoms with Crippen LogP contribution in [0.15, 0.2) is 54.6 Å². The van der Waals surface area contributed by atoms with Crippen LogP contribution in [0.5, 0.6) is 0 Å². The highest BCUT2D eigenvalue weighted by atomic mass is 31.2. The van der Waals surface area contributed by atoms with Gasteiger partial charge in [-0.05, 0) is 54.6 Å². The molecule has 134 valence electrons. The molecule has 0 bridgehead atoms. The standard InChI is InChI=1S/C18H9F6OP/c19-13-4-1-10(7-16(13)22)26(25,11-2-5-14(20)17(23)8-11)12-3-6-15(21)18(24)9-12/h1-9H. The molecular formula is C18H9F6OP. The van der Waals surface area contributed by atoms with Gasteiger partial charge in [0.15, 0.2) is 42.0 Å². The van der Waals surface area contributed by atoms with Crippen molar-refractivity contribution in [2.24, 2.45) is 0 Å². The topological polar surface area (TPSA) is 17.1 Å². The van der Waals surface area contributed by atoms with Crippen LogP contribution in [0.25, 0.3) is 0 Å². The zero-order valence-corrected chi connectivity index (χ0v) is 13.7. The fourth-order valence-corrected chi connectivity index (χ4v) is 5.12. The Balaban J connectivity index is 2.33. The number of benzene rings is 3. The molecule has 0 N–H and O–H groups in total.